The normalized spacial score (nSPS) is 40.2. The van der Waals surface area contributed by atoms with E-state index in [1.165, 1.54) is 19.3 Å². The molecule has 2 bridgehead atoms. The third-order valence-electron chi connectivity index (χ3n) is 6.66. The summed E-state index contributed by atoms with van der Waals surface area (Å²) in [6, 6.07) is 0. The maximum atomic E-state index is 10.4. The molecule has 22 heavy (non-hydrogen) atoms. The van der Waals surface area contributed by atoms with Crippen molar-refractivity contribution in [3.63, 3.8) is 0 Å². The highest BCUT2D eigenvalue weighted by Gasteiger charge is 2.60. The van der Waals surface area contributed by atoms with E-state index in [9.17, 15) is 5.11 Å². The van der Waals surface area contributed by atoms with Crippen LogP contribution in [-0.4, -0.2) is 73.5 Å². The lowest BCUT2D eigenvalue weighted by atomic mass is 9.70. The molecule has 1 aliphatic heterocycles. The summed E-state index contributed by atoms with van der Waals surface area (Å²) in [5, 5.41) is 10.4. The van der Waals surface area contributed by atoms with Gasteiger partial charge in [-0.05, 0) is 43.1 Å². The van der Waals surface area contributed by atoms with Crippen LogP contribution in [0, 0.1) is 16.7 Å². The van der Waals surface area contributed by atoms with E-state index in [-0.39, 0.29) is 11.5 Å². The predicted octanol–water partition coefficient (Wildman–Crippen LogP) is 1.83. The molecule has 1 N–H and O–H groups in total. The van der Waals surface area contributed by atoms with E-state index in [1.54, 1.807) is 0 Å². The third kappa shape index (κ3) is 3.08. The Kier molecular flexibility index (Phi) is 4.59. The molecule has 3 rings (SSSR count). The summed E-state index contributed by atoms with van der Waals surface area (Å²) >= 11 is 0. The minimum Gasteiger partial charge on any atom is -0.389 e. The van der Waals surface area contributed by atoms with Gasteiger partial charge >= 0.3 is 0 Å². The number of β-amino-alcohol motifs (C(OH)–C–C–N with tert-alkyl or cyclic N) is 1. The Morgan fingerprint density at radius 1 is 1.18 bits per heavy atom. The molecule has 2 aliphatic carbocycles. The monoisotopic (exact) mass is 310 g/mol. The van der Waals surface area contributed by atoms with E-state index in [4.69, 9.17) is 4.74 Å². The van der Waals surface area contributed by atoms with Crippen LogP contribution in [0.2, 0.25) is 0 Å². The van der Waals surface area contributed by atoms with E-state index in [0.717, 1.165) is 38.6 Å². The van der Waals surface area contributed by atoms with E-state index < -0.39 is 0 Å². The largest absolute Gasteiger partial charge is 0.389 e. The number of likely N-dealkylation sites (N-methyl/N-ethyl adjacent to an activating group) is 1. The average molecular weight is 310 g/mol. The van der Waals surface area contributed by atoms with Crippen LogP contribution in [-0.2, 0) is 4.74 Å². The Morgan fingerprint density at radius 3 is 2.45 bits per heavy atom. The molecule has 128 valence electrons. The highest BCUT2D eigenvalue weighted by molar-refractivity contribution is 5.09. The summed E-state index contributed by atoms with van der Waals surface area (Å²) in [5.74, 6) is 0.803. The summed E-state index contributed by atoms with van der Waals surface area (Å²) in [6.45, 7) is 12.7. The van der Waals surface area contributed by atoms with E-state index in [1.807, 2.05) is 0 Å². The van der Waals surface area contributed by atoms with Gasteiger partial charge in [0.2, 0.25) is 0 Å². The Hall–Kier alpha value is -0.160. The van der Waals surface area contributed by atoms with Gasteiger partial charge in [0.1, 0.15) is 0 Å². The molecule has 0 aromatic rings. The average Bonchev–Trinajstić information content (AvgIpc) is 2.92. The van der Waals surface area contributed by atoms with Crippen molar-refractivity contribution in [2.75, 3.05) is 46.4 Å². The summed E-state index contributed by atoms with van der Waals surface area (Å²) in [4.78, 5) is 4.71. The van der Waals surface area contributed by atoms with Gasteiger partial charge in [0.25, 0.3) is 0 Å². The first kappa shape index (κ1) is 16.7. The highest BCUT2D eigenvalue weighted by Crippen LogP contribution is 2.63. The Morgan fingerprint density at radius 2 is 1.86 bits per heavy atom. The SMILES string of the molecule is CN1CCN(C[C@H](O)CO[C@H]2C(C)(C)[C@H]3CC[C@@]2(C)C3)CC1. The fourth-order valence-corrected chi connectivity index (χ4v) is 5.26. The molecule has 4 heteroatoms. The number of ether oxygens (including phenoxy) is 1. The van der Waals surface area contributed by atoms with Crippen molar-refractivity contribution in [3.8, 4) is 0 Å². The molecule has 0 radical (unpaired) electrons. The van der Waals surface area contributed by atoms with Gasteiger partial charge in [0, 0.05) is 32.7 Å². The molecular formula is C18H34N2O2. The summed E-state index contributed by atoms with van der Waals surface area (Å²) in [7, 11) is 2.16. The van der Waals surface area contributed by atoms with Gasteiger partial charge in [-0.2, -0.15) is 0 Å². The molecule has 2 saturated carbocycles. The smallest absolute Gasteiger partial charge is 0.0900 e. The Bertz CT molecular complexity index is 388. The molecule has 0 amide bonds. The van der Waals surface area contributed by atoms with Crippen LogP contribution >= 0.6 is 0 Å². The van der Waals surface area contributed by atoms with Crippen molar-refractivity contribution in [1.29, 1.82) is 0 Å². The summed E-state index contributed by atoms with van der Waals surface area (Å²) in [6.07, 6.45) is 3.90. The van der Waals surface area contributed by atoms with Crippen LogP contribution in [0.5, 0.6) is 0 Å². The number of fused-ring (bicyclic) bond motifs is 2. The first-order valence-electron chi connectivity index (χ1n) is 9.02. The lowest BCUT2D eigenvalue weighted by Crippen LogP contribution is -2.48. The van der Waals surface area contributed by atoms with Crippen molar-refractivity contribution < 1.29 is 9.84 Å². The highest BCUT2D eigenvalue weighted by atomic mass is 16.5. The minimum absolute atomic E-state index is 0.264. The van der Waals surface area contributed by atoms with Crippen LogP contribution in [0.25, 0.3) is 0 Å². The summed E-state index contributed by atoms with van der Waals surface area (Å²) in [5.41, 5.74) is 0.599. The predicted molar refractivity (Wildman–Crippen MR) is 88.9 cm³/mol. The van der Waals surface area contributed by atoms with Crippen molar-refractivity contribution in [1.82, 2.24) is 9.80 Å². The Balaban J connectivity index is 1.48. The molecule has 4 nitrogen and oxygen atoms in total. The summed E-state index contributed by atoms with van der Waals surface area (Å²) < 4.78 is 6.29. The van der Waals surface area contributed by atoms with Crippen LogP contribution in [0.1, 0.15) is 40.0 Å². The molecule has 1 heterocycles. The topological polar surface area (TPSA) is 35.9 Å². The van der Waals surface area contributed by atoms with Crippen molar-refractivity contribution in [2.45, 2.75) is 52.2 Å². The van der Waals surface area contributed by atoms with E-state index in [2.05, 4.69) is 37.6 Å². The molecule has 1 saturated heterocycles. The fraction of sp³-hybridized carbons (Fsp3) is 1.00. The van der Waals surface area contributed by atoms with Gasteiger partial charge in [-0.3, -0.25) is 4.90 Å². The number of piperazine rings is 1. The van der Waals surface area contributed by atoms with Gasteiger partial charge in [0.05, 0.1) is 18.8 Å². The lowest BCUT2D eigenvalue weighted by molar-refractivity contribution is -0.114. The van der Waals surface area contributed by atoms with Crippen LogP contribution in [0.15, 0.2) is 0 Å². The number of aliphatic hydroxyl groups is 1. The van der Waals surface area contributed by atoms with Gasteiger partial charge in [-0.1, -0.05) is 20.8 Å². The number of rotatable bonds is 5. The number of hydrogen-bond donors (Lipinski definition) is 1. The maximum Gasteiger partial charge on any atom is 0.0900 e. The zero-order valence-electron chi connectivity index (χ0n) is 14.8. The molecule has 0 spiro atoms. The van der Waals surface area contributed by atoms with Crippen molar-refractivity contribution in [2.24, 2.45) is 16.7 Å². The number of aliphatic hydroxyl groups excluding tert-OH is 1. The second kappa shape index (κ2) is 6.04. The van der Waals surface area contributed by atoms with Crippen molar-refractivity contribution in [3.05, 3.63) is 0 Å². The lowest BCUT2D eigenvalue weighted by Gasteiger charge is -2.43. The molecular weight excluding hydrogens is 276 g/mol. The van der Waals surface area contributed by atoms with E-state index >= 15 is 0 Å². The second-order valence-electron chi connectivity index (χ2n) is 8.89. The molecule has 3 fully saturated rings. The first-order valence-corrected chi connectivity index (χ1v) is 9.02. The molecule has 0 unspecified atom stereocenters. The number of hydrogen-bond acceptors (Lipinski definition) is 4. The zero-order chi connectivity index (χ0) is 16.0. The quantitative estimate of drug-likeness (QED) is 0.840. The molecule has 3 aliphatic rings. The maximum absolute atomic E-state index is 10.4. The standard InChI is InChI=1S/C18H34N2O2/c1-17(2)14-5-6-18(3,11-14)16(17)22-13-15(21)12-20-9-7-19(4)8-10-20/h14-16,21H,5-13H2,1-4H3/t14-,15-,16-,18-/m0/s1. The zero-order valence-corrected chi connectivity index (χ0v) is 14.8. The molecule has 4 atom stereocenters. The van der Waals surface area contributed by atoms with Gasteiger partial charge in [-0.25, -0.2) is 0 Å². The Labute approximate surface area is 135 Å². The minimum atomic E-state index is -0.359. The molecule has 0 aromatic carbocycles. The van der Waals surface area contributed by atoms with Gasteiger partial charge in [-0.15, -0.1) is 0 Å². The van der Waals surface area contributed by atoms with Crippen LogP contribution in [0.4, 0.5) is 0 Å². The molecule has 0 aromatic heterocycles. The fourth-order valence-electron chi connectivity index (χ4n) is 5.26. The third-order valence-corrected chi connectivity index (χ3v) is 6.66. The second-order valence-corrected chi connectivity index (χ2v) is 8.89. The van der Waals surface area contributed by atoms with Gasteiger partial charge < -0.3 is 14.7 Å². The number of nitrogens with zero attached hydrogens (tertiary/aromatic N) is 2. The van der Waals surface area contributed by atoms with E-state index in [0.29, 0.717) is 18.1 Å². The van der Waals surface area contributed by atoms with Gasteiger partial charge in [0.15, 0.2) is 0 Å². The van der Waals surface area contributed by atoms with Crippen LogP contribution < -0.4 is 0 Å². The van der Waals surface area contributed by atoms with Crippen LogP contribution in [0.3, 0.4) is 0 Å². The van der Waals surface area contributed by atoms with Crippen molar-refractivity contribution >= 4 is 0 Å². The first-order chi connectivity index (χ1) is 10.3.